The molecule has 0 spiro atoms. The van der Waals surface area contributed by atoms with Gasteiger partial charge in [0.1, 0.15) is 0 Å². The van der Waals surface area contributed by atoms with Crippen molar-refractivity contribution in [2.24, 2.45) is 0 Å². The molecule has 0 saturated heterocycles. The van der Waals surface area contributed by atoms with E-state index < -0.39 is 0 Å². The Kier molecular flexibility index (Phi) is 4.19. The van der Waals surface area contributed by atoms with Gasteiger partial charge in [0.25, 0.3) is 0 Å². The summed E-state index contributed by atoms with van der Waals surface area (Å²) in [4.78, 5) is 1.39. The zero-order valence-electron chi connectivity index (χ0n) is 11.5. The minimum absolute atomic E-state index is 0.420. The van der Waals surface area contributed by atoms with Crippen molar-refractivity contribution < 1.29 is 0 Å². The predicted molar refractivity (Wildman–Crippen MR) is 77.2 cm³/mol. The van der Waals surface area contributed by atoms with E-state index in [9.17, 15) is 0 Å². The number of thiophene rings is 1. The Balaban J connectivity index is 1.87. The van der Waals surface area contributed by atoms with E-state index in [0.717, 1.165) is 18.8 Å². The molecule has 0 radical (unpaired) electrons. The van der Waals surface area contributed by atoms with E-state index in [0.29, 0.717) is 6.04 Å². The fourth-order valence-electron chi connectivity index (χ4n) is 2.03. The van der Waals surface area contributed by atoms with Gasteiger partial charge in [-0.25, -0.2) is 0 Å². The van der Waals surface area contributed by atoms with Crippen molar-refractivity contribution in [3.8, 4) is 0 Å². The minimum Gasteiger partial charge on any atom is -0.308 e. The average molecular weight is 263 g/mol. The van der Waals surface area contributed by atoms with Crippen LogP contribution in [0, 0.1) is 20.8 Å². The molecule has 4 heteroatoms. The molecule has 2 aromatic heterocycles. The van der Waals surface area contributed by atoms with Gasteiger partial charge in [-0.05, 0) is 44.7 Å². The number of hydrogen-bond acceptors (Lipinski definition) is 3. The molecule has 2 aromatic rings. The molecule has 0 aliphatic heterocycles. The monoisotopic (exact) mass is 263 g/mol. The lowest BCUT2D eigenvalue weighted by Gasteiger charge is -2.12. The van der Waals surface area contributed by atoms with Crippen LogP contribution in [0.3, 0.4) is 0 Å². The molecular formula is C14H21N3S. The zero-order chi connectivity index (χ0) is 13.1. The lowest BCUT2D eigenvalue weighted by atomic mass is 10.2. The third-order valence-electron chi connectivity index (χ3n) is 3.49. The fourth-order valence-corrected chi connectivity index (χ4v) is 2.79. The zero-order valence-corrected chi connectivity index (χ0v) is 12.3. The summed E-state index contributed by atoms with van der Waals surface area (Å²) in [6.07, 6.45) is 0. The number of aromatic nitrogens is 2. The van der Waals surface area contributed by atoms with Crippen molar-refractivity contribution in [1.29, 1.82) is 0 Å². The summed E-state index contributed by atoms with van der Waals surface area (Å²) < 4.78 is 2.10. The highest BCUT2D eigenvalue weighted by Crippen LogP contribution is 2.17. The predicted octanol–water partition coefficient (Wildman–Crippen LogP) is 3.22. The second-order valence-electron chi connectivity index (χ2n) is 4.71. The average Bonchev–Trinajstić information content (AvgIpc) is 2.95. The van der Waals surface area contributed by atoms with Crippen molar-refractivity contribution in [1.82, 2.24) is 15.1 Å². The van der Waals surface area contributed by atoms with Gasteiger partial charge in [0.2, 0.25) is 0 Å². The molecule has 0 fully saturated rings. The van der Waals surface area contributed by atoms with E-state index in [1.165, 1.54) is 16.1 Å². The van der Waals surface area contributed by atoms with Gasteiger partial charge < -0.3 is 5.32 Å². The van der Waals surface area contributed by atoms with Gasteiger partial charge in [-0.3, -0.25) is 4.68 Å². The minimum atomic E-state index is 0.420. The van der Waals surface area contributed by atoms with Crippen molar-refractivity contribution in [2.45, 2.75) is 40.3 Å². The normalized spacial score (nSPS) is 12.9. The SMILES string of the molecule is Cc1nn(CCNC(C)c2cccs2)c(C)c1C. The highest BCUT2D eigenvalue weighted by Gasteiger charge is 2.08. The highest BCUT2D eigenvalue weighted by molar-refractivity contribution is 7.10. The number of aryl methyl sites for hydroxylation is 1. The van der Waals surface area contributed by atoms with Crippen LogP contribution in [0.4, 0.5) is 0 Å². The third kappa shape index (κ3) is 2.82. The second-order valence-corrected chi connectivity index (χ2v) is 5.69. The van der Waals surface area contributed by atoms with E-state index in [2.05, 4.69) is 60.3 Å². The number of rotatable bonds is 5. The molecular weight excluding hydrogens is 242 g/mol. The number of nitrogens with zero attached hydrogens (tertiary/aromatic N) is 2. The first kappa shape index (κ1) is 13.3. The maximum Gasteiger partial charge on any atom is 0.0625 e. The first-order valence-electron chi connectivity index (χ1n) is 6.37. The topological polar surface area (TPSA) is 29.9 Å². The van der Waals surface area contributed by atoms with Gasteiger partial charge >= 0.3 is 0 Å². The Morgan fingerprint density at radius 1 is 1.39 bits per heavy atom. The summed E-state index contributed by atoms with van der Waals surface area (Å²) in [6, 6.07) is 4.70. The van der Waals surface area contributed by atoms with Gasteiger partial charge in [-0.2, -0.15) is 5.10 Å². The molecule has 98 valence electrons. The van der Waals surface area contributed by atoms with Crippen LogP contribution in [0.2, 0.25) is 0 Å². The van der Waals surface area contributed by atoms with Crippen LogP contribution in [0.15, 0.2) is 17.5 Å². The summed E-state index contributed by atoms with van der Waals surface area (Å²) in [6.45, 7) is 10.4. The van der Waals surface area contributed by atoms with Gasteiger partial charge in [-0.15, -0.1) is 11.3 Å². The van der Waals surface area contributed by atoms with Crippen LogP contribution >= 0.6 is 11.3 Å². The van der Waals surface area contributed by atoms with Gasteiger partial charge in [-0.1, -0.05) is 6.07 Å². The molecule has 0 saturated carbocycles. The first-order valence-corrected chi connectivity index (χ1v) is 7.25. The molecule has 18 heavy (non-hydrogen) atoms. The number of hydrogen-bond donors (Lipinski definition) is 1. The Labute approximate surface area is 113 Å². The third-order valence-corrected chi connectivity index (χ3v) is 4.54. The Morgan fingerprint density at radius 2 is 2.17 bits per heavy atom. The lowest BCUT2D eigenvalue weighted by Crippen LogP contribution is -2.23. The molecule has 2 heterocycles. The number of nitrogens with one attached hydrogen (secondary N) is 1. The molecule has 1 atom stereocenters. The maximum absolute atomic E-state index is 4.55. The fraction of sp³-hybridized carbons (Fsp3) is 0.500. The van der Waals surface area contributed by atoms with Gasteiger partial charge in [0, 0.05) is 23.2 Å². The maximum atomic E-state index is 4.55. The Bertz CT molecular complexity index is 499. The second kappa shape index (κ2) is 5.67. The van der Waals surface area contributed by atoms with E-state index in [1.807, 2.05) is 0 Å². The van der Waals surface area contributed by atoms with Crippen LogP contribution in [0.1, 0.15) is 34.8 Å². The van der Waals surface area contributed by atoms with E-state index in [4.69, 9.17) is 0 Å². The molecule has 1 N–H and O–H groups in total. The molecule has 1 unspecified atom stereocenters. The summed E-state index contributed by atoms with van der Waals surface area (Å²) >= 11 is 1.80. The van der Waals surface area contributed by atoms with Crippen molar-refractivity contribution >= 4 is 11.3 Å². The van der Waals surface area contributed by atoms with Crippen LogP contribution in [0.25, 0.3) is 0 Å². The summed E-state index contributed by atoms with van der Waals surface area (Å²) in [5, 5.41) is 10.2. The van der Waals surface area contributed by atoms with E-state index in [-0.39, 0.29) is 0 Å². The summed E-state index contributed by atoms with van der Waals surface area (Å²) in [5.41, 5.74) is 3.72. The van der Waals surface area contributed by atoms with E-state index >= 15 is 0 Å². The molecule has 0 aliphatic rings. The van der Waals surface area contributed by atoms with Crippen LogP contribution < -0.4 is 5.32 Å². The quantitative estimate of drug-likeness (QED) is 0.897. The molecule has 3 nitrogen and oxygen atoms in total. The lowest BCUT2D eigenvalue weighted by molar-refractivity contribution is 0.503. The van der Waals surface area contributed by atoms with Crippen molar-refractivity contribution in [3.05, 3.63) is 39.3 Å². The Morgan fingerprint density at radius 3 is 2.72 bits per heavy atom. The van der Waals surface area contributed by atoms with E-state index in [1.54, 1.807) is 11.3 Å². The van der Waals surface area contributed by atoms with Crippen LogP contribution in [-0.2, 0) is 6.54 Å². The molecule has 2 rings (SSSR count). The Hall–Kier alpha value is -1.13. The molecule has 0 aromatic carbocycles. The van der Waals surface area contributed by atoms with Crippen molar-refractivity contribution in [2.75, 3.05) is 6.54 Å². The van der Waals surface area contributed by atoms with Gasteiger partial charge in [0.15, 0.2) is 0 Å². The first-order chi connectivity index (χ1) is 8.59. The van der Waals surface area contributed by atoms with Crippen LogP contribution in [-0.4, -0.2) is 16.3 Å². The largest absolute Gasteiger partial charge is 0.308 e. The molecule has 0 amide bonds. The molecule has 0 bridgehead atoms. The molecule has 0 aliphatic carbocycles. The standard InChI is InChI=1S/C14H21N3S/c1-10-11(2)16-17(13(10)4)8-7-15-12(3)14-6-5-9-18-14/h5-6,9,12,15H,7-8H2,1-4H3. The van der Waals surface area contributed by atoms with Crippen LogP contribution in [0.5, 0.6) is 0 Å². The summed E-state index contributed by atoms with van der Waals surface area (Å²) in [7, 11) is 0. The highest BCUT2D eigenvalue weighted by atomic mass is 32.1. The van der Waals surface area contributed by atoms with Crippen molar-refractivity contribution in [3.63, 3.8) is 0 Å². The smallest absolute Gasteiger partial charge is 0.0625 e. The van der Waals surface area contributed by atoms with Gasteiger partial charge in [0.05, 0.1) is 12.2 Å². The summed E-state index contributed by atoms with van der Waals surface area (Å²) in [5.74, 6) is 0.